The molecule has 0 spiro atoms. The van der Waals surface area contributed by atoms with Gasteiger partial charge in [-0.25, -0.2) is 0 Å². The molecule has 3 heteroatoms. The van der Waals surface area contributed by atoms with E-state index < -0.39 is 0 Å². The Bertz CT molecular complexity index is 201. The molecule has 0 radical (unpaired) electrons. The standard InChI is InChI=1S/C16H34N2O/c1-14(2)13-19-11-7-10-17-15(3)12-16-8-5-4-6-9-18-16/h14-18H,4-13H2,1-3H3. The fraction of sp³-hybridized carbons (Fsp3) is 1.00. The maximum Gasteiger partial charge on any atom is 0.0489 e. The molecule has 114 valence electrons. The Balaban J connectivity index is 1.96. The Morgan fingerprint density at radius 1 is 1.21 bits per heavy atom. The van der Waals surface area contributed by atoms with E-state index in [2.05, 4.69) is 31.4 Å². The highest BCUT2D eigenvalue weighted by atomic mass is 16.5. The van der Waals surface area contributed by atoms with Crippen LogP contribution in [0.3, 0.4) is 0 Å². The minimum atomic E-state index is 0.612. The van der Waals surface area contributed by atoms with Crippen LogP contribution in [0.15, 0.2) is 0 Å². The number of hydrogen-bond donors (Lipinski definition) is 2. The first-order valence-corrected chi connectivity index (χ1v) is 8.23. The predicted molar refractivity (Wildman–Crippen MR) is 82.6 cm³/mol. The molecule has 0 aromatic rings. The lowest BCUT2D eigenvalue weighted by atomic mass is 10.0. The summed E-state index contributed by atoms with van der Waals surface area (Å²) in [5, 5.41) is 7.29. The lowest BCUT2D eigenvalue weighted by Gasteiger charge is -2.21. The Hall–Kier alpha value is -0.120. The van der Waals surface area contributed by atoms with Crippen molar-refractivity contribution in [3.8, 4) is 0 Å². The topological polar surface area (TPSA) is 33.3 Å². The molecule has 2 unspecified atom stereocenters. The summed E-state index contributed by atoms with van der Waals surface area (Å²) >= 11 is 0. The second-order valence-corrected chi connectivity index (χ2v) is 6.41. The third-order valence-corrected chi connectivity index (χ3v) is 3.71. The van der Waals surface area contributed by atoms with E-state index in [1.165, 1.54) is 38.6 Å². The number of hydrogen-bond acceptors (Lipinski definition) is 3. The van der Waals surface area contributed by atoms with E-state index in [1.807, 2.05) is 0 Å². The molecule has 0 aromatic carbocycles. The fourth-order valence-electron chi connectivity index (χ4n) is 2.65. The molecule has 0 saturated carbocycles. The molecule has 0 amide bonds. The zero-order chi connectivity index (χ0) is 13.9. The van der Waals surface area contributed by atoms with Gasteiger partial charge < -0.3 is 15.4 Å². The summed E-state index contributed by atoms with van der Waals surface area (Å²) in [5.74, 6) is 0.646. The van der Waals surface area contributed by atoms with Gasteiger partial charge in [-0.1, -0.05) is 26.7 Å². The third kappa shape index (κ3) is 9.42. The normalized spacial score (nSPS) is 22.4. The van der Waals surface area contributed by atoms with Gasteiger partial charge in [-0.2, -0.15) is 0 Å². The van der Waals surface area contributed by atoms with E-state index in [0.717, 1.165) is 32.2 Å². The molecule has 0 aromatic heterocycles. The average molecular weight is 270 g/mol. The molecule has 0 aliphatic carbocycles. The second kappa shape index (κ2) is 10.6. The van der Waals surface area contributed by atoms with Gasteiger partial charge in [0.2, 0.25) is 0 Å². The van der Waals surface area contributed by atoms with Gasteiger partial charge in [0, 0.05) is 25.3 Å². The Morgan fingerprint density at radius 3 is 2.84 bits per heavy atom. The SMILES string of the molecule is CC(C)COCCCNC(C)CC1CCCCCN1. The van der Waals surface area contributed by atoms with Crippen LogP contribution in [0.5, 0.6) is 0 Å². The molecule has 19 heavy (non-hydrogen) atoms. The minimum absolute atomic E-state index is 0.612. The van der Waals surface area contributed by atoms with Crippen molar-refractivity contribution in [2.45, 2.75) is 71.4 Å². The molecule has 1 heterocycles. The van der Waals surface area contributed by atoms with Crippen LogP contribution in [0.1, 0.15) is 59.3 Å². The van der Waals surface area contributed by atoms with Crippen molar-refractivity contribution in [2.75, 3.05) is 26.3 Å². The first-order valence-electron chi connectivity index (χ1n) is 8.23. The smallest absolute Gasteiger partial charge is 0.0489 e. The fourth-order valence-corrected chi connectivity index (χ4v) is 2.65. The highest BCUT2D eigenvalue weighted by Gasteiger charge is 2.14. The van der Waals surface area contributed by atoms with Gasteiger partial charge in [0.25, 0.3) is 0 Å². The molecule has 1 aliphatic heterocycles. The Morgan fingerprint density at radius 2 is 2.05 bits per heavy atom. The molecule has 1 rings (SSSR count). The Kier molecular flexibility index (Phi) is 9.48. The lowest BCUT2D eigenvalue weighted by molar-refractivity contribution is 0.107. The van der Waals surface area contributed by atoms with Crippen molar-refractivity contribution < 1.29 is 4.74 Å². The van der Waals surface area contributed by atoms with E-state index in [4.69, 9.17) is 4.74 Å². The lowest BCUT2D eigenvalue weighted by Crippen LogP contribution is -2.37. The summed E-state index contributed by atoms with van der Waals surface area (Å²) in [6.45, 7) is 10.8. The summed E-state index contributed by atoms with van der Waals surface area (Å²) in [7, 11) is 0. The molecular weight excluding hydrogens is 236 g/mol. The van der Waals surface area contributed by atoms with Crippen LogP contribution in [0, 0.1) is 5.92 Å². The summed E-state index contributed by atoms with van der Waals surface area (Å²) < 4.78 is 5.59. The molecule has 0 bridgehead atoms. The van der Waals surface area contributed by atoms with Gasteiger partial charge in [-0.15, -0.1) is 0 Å². The van der Waals surface area contributed by atoms with Gasteiger partial charge in [-0.05, 0) is 51.6 Å². The van der Waals surface area contributed by atoms with E-state index in [-0.39, 0.29) is 0 Å². The molecule has 1 fully saturated rings. The van der Waals surface area contributed by atoms with Crippen molar-refractivity contribution in [3.05, 3.63) is 0 Å². The van der Waals surface area contributed by atoms with Gasteiger partial charge in [0.15, 0.2) is 0 Å². The van der Waals surface area contributed by atoms with Crippen molar-refractivity contribution in [1.29, 1.82) is 0 Å². The highest BCUT2D eigenvalue weighted by Crippen LogP contribution is 2.12. The zero-order valence-electron chi connectivity index (χ0n) is 13.2. The first kappa shape index (κ1) is 16.9. The predicted octanol–water partition coefficient (Wildman–Crippen LogP) is 2.95. The van der Waals surface area contributed by atoms with Crippen LogP contribution >= 0.6 is 0 Å². The van der Waals surface area contributed by atoms with Gasteiger partial charge >= 0.3 is 0 Å². The van der Waals surface area contributed by atoms with E-state index in [9.17, 15) is 0 Å². The molecular formula is C16H34N2O. The largest absolute Gasteiger partial charge is 0.381 e. The summed E-state index contributed by atoms with van der Waals surface area (Å²) in [4.78, 5) is 0. The molecule has 3 nitrogen and oxygen atoms in total. The third-order valence-electron chi connectivity index (χ3n) is 3.71. The van der Waals surface area contributed by atoms with Crippen LogP contribution in [-0.4, -0.2) is 38.4 Å². The van der Waals surface area contributed by atoms with Crippen molar-refractivity contribution in [2.24, 2.45) is 5.92 Å². The van der Waals surface area contributed by atoms with Crippen molar-refractivity contribution in [3.63, 3.8) is 0 Å². The monoisotopic (exact) mass is 270 g/mol. The average Bonchev–Trinajstić information content (AvgIpc) is 2.62. The number of rotatable bonds is 9. The van der Waals surface area contributed by atoms with Crippen molar-refractivity contribution >= 4 is 0 Å². The van der Waals surface area contributed by atoms with Crippen LogP contribution in [0.4, 0.5) is 0 Å². The molecule has 2 N–H and O–H groups in total. The first-order chi connectivity index (χ1) is 9.18. The number of ether oxygens (including phenoxy) is 1. The summed E-state index contributed by atoms with van der Waals surface area (Å²) in [6, 6.07) is 1.34. The maximum absolute atomic E-state index is 5.59. The van der Waals surface area contributed by atoms with Crippen LogP contribution in [-0.2, 0) is 4.74 Å². The maximum atomic E-state index is 5.59. The van der Waals surface area contributed by atoms with Crippen LogP contribution in [0.25, 0.3) is 0 Å². The van der Waals surface area contributed by atoms with Gasteiger partial charge in [0.1, 0.15) is 0 Å². The molecule has 1 aliphatic rings. The van der Waals surface area contributed by atoms with E-state index >= 15 is 0 Å². The summed E-state index contributed by atoms with van der Waals surface area (Å²) in [6.07, 6.45) is 7.88. The zero-order valence-corrected chi connectivity index (χ0v) is 13.2. The molecule has 1 saturated heterocycles. The van der Waals surface area contributed by atoms with Gasteiger partial charge in [-0.3, -0.25) is 0 Å². The highest BCUT2D eigenvalue weighted by molar-refractivity contribution is 4.75. The molecule has 2 atom stereocenters. The van der Waals surface area contributed by atoms with E-state index in [1.54, 1.807) is 0 Å². The number of nitrogens with one attached hydrogen (secondary N) is 2. The van der Waals surface area contributed by atoms with Crippen LogP contribution < -0.4 is 10.6 Å². The second-order valence-electron chi connectivity index (χ2n) is 6.41. The minimum Gasteiger partial charge on any atom is -0.381 e. The van der Waals surface area contributed by atoms with Crippen molar-refractivity contribution in [1.82, 2.24) is 10.6 Å². The van der Waals surface area contributed by atoms with E-state index in [0.29, 0.717) is 12.0 Å². The van der Waals surface area contributed by atoms with Gasteiger partial charge in [0.05, 0.1) is 0 Å². The quantitative estimate of drug-likeness (QED) is 0.632. The summed E-state index contributed by atoms with van der Waals surface area (Å²) in [5.41, 5.74) is 0. The Labute approximate surface area is 119 Å². The van der Waals surface area contributed by atoms with Crippen LogP contribution in [0.2, 0.25) is 0 Å².